The summed E-state index contributed by atoms with van der Waals surface area (Å²) in [6.07, 6.45) is 3.05. The van der Waals surface area contributed by atoms with Gasteiger partial charge in [-0.3, -0.25) is 4.90 Å². The standard InChI is InChI=1S/C23H30N2O3S/c26-29(27,23-8-6-22(7-9-23)21-4-2-1-3-5-21)25-14-11-20(12-15-25)10-13-24-16-18-28-19-17-24/h1-9,20H,10-19H2. The normalized spacial score (nSPS) is 20.0. The highest BCUT2D eigenvalue weighted by atomic mass is 32.2. The highest BCUT2D eigenvalue weighted by Gasteiger charge is 2.29. The monoisotopic (exact) mass is 414 g/mol. The van der Waals surface area contributed by atoms with Crippen molar-refractivity contribution >= 4 is 10.0 Å². The van der Waals surface area contributed by atoms with E-state index in [2.05, 4.69) is 4.90 Å². The Bertz CT molecular complexity index is 870. The molecule has 0 N–H and O–H groups in total. The third-order valence-electron chi connectivity index (χ3n) is 6.13. The zero-order chi connectivity index (χ0) is 20.1. The van der Waals surface area contributed by atoms with Crippen LogP contribution >= 0.6 is 0 Å². The lowest BCUT2D eigenvalue weighted by molar-refractivity contribution is 0.0343. The fourth-order valence-electron chi connectivity index (χ4n) is 4.23. The van der Waals surface area contributed by atoms with Gasteiger partial charge in [0.15, 0.2) is 0 Å². The first kappa shape index (κ1) is 20.5. The van der Waals surface area contributed by atoms with E-state index in [9.17, 15) is 8.42 Å². The van der Waals surface area contributed by atoms with Crippen LogP contribution in [-0.4, -0.2) is 63.6 Å². The molecule has 2 fully saturated rings. The van der Waals surface area contributed by atoms with Crippen molar-refractivity contribution in [3.63, 3.8) is 0 Å². The number of piperidine rings is 1. The number of hydrogen-bond donors (Lipinski definition) is 0. The number of sulfonamides is 1. The van der Waals surface area contributed by atoms with Crippen molar-refractivity contribution in [3.8, 4) is 11.1 Å². The van der Waals surface area contributed by atoms with Gasteiger partial charge < -0.3 is 4.74 Å². The SMILES string of the molecule is O=S(=O)(c1ccc(-c2ccccc2)cc1)N1CCC(CCN2CCOCC2)CC1. The van der Waals surface area contributed by atoms with Gasteiger partial charge in [-0.15, -0.1) is 0 Å². The lowest BCUT2D eigenvalue weighted by atomic mass is 9.94. The van der Waals surface area contributed by atoms with E-state index in [1.54, 1.807) is 16.4 Å². The van der Waals surface area contributed by atoms with Crippen LogP contribution in [0.3, 0.4) is 0 Å². The predicted molar refractivity (Wildman–Crippen MR) is 115 cm³/mol. The minimum atomic E-state index is -3.41. The van der Waals surface area contributed by atoms with Crippen LogP contribution in [0.5, 0.6) is 0 Å². The number of morpholine rings is 1. The van der Waals surface area contributed by atoms with Crippen molar-refractivity contribution in [2.45, 2.75) is 24.2 Å². The second-order valence-electron chi connectivity index (χ2n) is 7.98. The van der Waals surface area contributed by atoms with Gasteiger partial charge in [-0.05, 0) is 55.0 Å². The molecule has 156 valence electrons. The lowest BCUT2D eigenvalue weighted by Crippen LogP contribution is -2.40. The van der Waals surface area contributed by atoms with E-state index >= 15 is 0 Å². The van der Waals surface area contributed by atoms with Crippen molar-refractivity contribution in [1.29, 1.82) is 0 Å². The Labute approximate surface area is 174 Å². The Morgan fingerprint density at radius 3 is 2.10 bits per heavy atom. The molecule has 4 rings (SSSR count). The Morgan fingerprint density at radius 2 is 1.45 bits per heavy atom. The van der Waals surface area contributed by atoms with Gasteiger partial charge in [0.25, 0.3) is 0 Å². The number of rotatable bonds is 6. The molecule has 6 heteroatoms. The first-order chi connectivity index (χ1) is 14.1. The molecule has 0 spiro atoms. The van der Waals surface area contributed by atoms with Crippen LogP contribution in [0.1, 0.15) is 19.3 Å². The molecule has 0 saturated carbocycles. The summed E-state index contributed by atoms with van der Waals surface area (Å²) in [7, 11) is -3.41. The van der Waals surface area contributed by atoms with Crippen molar-refractivity contribution in [3.05, 3.63) is 54.6 Å². The zero-order valence-corrected chi connectivity index (χ0v) is 17.7. The molecule has 0 bridgehead atoms. The van der Waals surface area contributed by atoms with Crippen LogP contribution in [0.2, 0.25) is 0 Å². The number of nitrogens with zero attached hydrogens (tertiary/aromatic N) is 2. The molecule has 0 aliphatic carbocycles. The highest BCUT2D eigenvalue weighted by molar-refractivity contribution is 7.89. The minimum absolute atomic E-state index is 0.393. The molecule has 2 heterocycles. The van der Waals surface area contributed by atoms with Crippen molar-refractivity contribution in [2.24, 2.45) is 5.92 Å². The van der Waals surface area contributed by atoms with E-state index in [-0.39, 0.29) is 0 Å². The average Bonchev–Trinajstić information content (AvgIpc) is 2.79. The van der Waals surface area contributed by atoms with E-state index in [1.165, 1.54) is 0 Å². The Hall–Kier alpha value is -1.73. The molecular formula is C23H30N2O3S. The topological polar surface area (TPSA) is 49.9 Å². The molecular weight excluding hydrogens is 384 g/mol. The molecule has 29 heavy (non-hydrogen) atoms. The maximum atomic E-state index is 13.1. The van der Waals surface area contributed by atoms with Crippen LogP contribution < -0.4 is 0 Å². The van der Waals surface area contributed by atoms with Crippen LogP contribution in [-0.2, 0) is 14.8 Å². The van der Waals surface area contributed by atoms with E-state index < -0.39 is 10.0 Å². The molecule has 0 radical (unpaired) electrons. The average molecular weight is 415 g/mol. The van der Waals surface area contributed by atoms with Crippen LogP contribution in [0, 0.1) is 5.92 Å². The Balaban J connectivity index is 1.32. The van der Waals surface area contributed by atoms with E-state index in [0.717, 1.165) is 63.2 Å². The molecule has 2 aliphatic rings. The smallest absolute Gasteiger partial charge is 0.243 e. The molecule has 0 atom stereocenters. The molecule has 2 saturated heterocycles. The maximum Gasteiger partial charge on any atom is 0.243 e. The summed E-state index contributed by atoms with van der Waals surface area (Å²) in [6.45, 7) is 6.05. The van der Waals surface area contributed by atoms with Gasteiger partial charge >= 0.3 is 0 Å². The second kappa shape index (κ2) is 9.39. The van der Waals surface area contributed by atoms with Crippen LogP contribution in [0.4, 0.5) is 0 Å². The molecule has 2 aromatic rings. The molecule has 2 aliphatic heterocycles. The highest BCUT2D eigenvalue weighted by Crippen LogP contribution is 2.27. The van der Waals surface area contributed by atoms with E-state index in [1.807, 2.05) is 42.5 Å². The summed E-state index contributed by atoms with van der Waals surface area (Å²) in [6, 6.07) is 17.3. The Kier molecular flexibility index (Phi) is 6.65. The Morgan fingerprint density at radius 1 is 0.828 bits per heavy atom. The third-order valence-corrected chi connectivity index (χ3v) is 8.04. The summed E-state index contributed by atoms with van der Waals surface area (Å²) >= 11 is 0. The number of hydrogen-bond acceptors (Lipinski definition) is 4. The lowest BCUT2D eigenvalue weighted by Gasteiger charge is -2.33. The molecule has 0 aromatic heterocycles. The van der Waals surface area contributed by atoms with Crippen LogP contribution in [0.15, 0.2) is 59.5 Å². The maximum absolute atomic E-state index is 13.1. The van der Waals surface area contributed by atoms with Gasteiger partial charge in [-0.1, -0.05) is 42.5 Å². The summed E-state index contributed by atoms with van der Waals surface area (Å²) in [4.78, 5) is 2.85. The summed E-state index contributed by atoms with van der Waals surface area (Å²) < 4.78 is 33.2. The molecule has 2 aromatic carbocycles. The number of ether oxygens (including phenoxy) is 1. The van der Waals surface area contributed by atoms with E-state index in [0.29, 0.717) is 23.9 Å². The first-order valence-electron chi connectivity index (χ1n) is 10.6. The quantitative estimate of drug-likeness (QED) is 0.726. The van der Waals surface area contributed by atoms with Gasteiger partial charge in [0.2, 0.25) is 10.0 Å². The summed E-state index contributed by atoms with van der Waals surface area (Å²) in [5.41, 5.74) is 2.13. The fraction of sp³-hybridized carbons (Fsp3) is 0.478. The number of benzene rings is 2. The zero-order valence-electron chi connectivity index (χ0n) is 16.9. The van der Waals surface area contributed by atoms with Gasteiger partial charge in [0.05, 0.1) is 18.1 Å². The fourth-order valence-corrected chi connectivity index (χ4v) is 5.70. The largest absolute Gasteiger partial charge is 0.379 e. The van der Waals surface area contributed by atoms with Gasteiger partial charge in [0.1, 0.15) is 0 Å². The van der Waals surface area contributed by atoms with Gasteiger partial charge in [-0.25, -0.2) is 8.42 Å². The van der Waals surface area contributed by atoms with Gasteiger partial charge in [-0.2, -0.15) is 4.31 Å². The molecule has 5 nitrogen and oxygen atoms in total. The third kappa shape index (κ3) is 5.07. The van der Waals surface area contributed by atoms with Gasteiger partial charge in [0, 0.05) is 26.2 Å². The van der Waals surface area contributed by atoms with Crippen molar-refractivity contribution < 1.29 is 13.2 Å². The summed E-state index contributed by atoms with van der Waals surface area (Å²) in [5.74, 6) is 0.616. The van der Waals surface area contributed by atoms with E-state index in [4.69, 9.17) is 4.74 Å². The molecule has 0 amide bonds. The minimum Gasteiger partial charge on any atom is -0.379 e. The second-order valence-corrected chi connectivity index (χ2v) is 9.92. The van der Waals surface area contributed by atoms with Crippen molar-refractivity contribution in [1.82, 2.24) is 9.21 Å². The first-order valence-corrected chi connectivity index (χ1v) is 12.0. The summed E-state index contributed by atoms with van der Waals surface area (Å²) in [5, 5.41) is 0. The predicted octanol–water partition coefficient (Wildman–Crippen LogP) is 3.48. The van der Waals surface area contributed by atoms with Crippen LogP contribution in [0.25, 0.3) is 11.1 Å². The molecule has 0 unspecified atom stereocenters. The van der Waals surface area contributed by atoms with Crippen molar-refractivity contribution in [2.75, 3.05) is 45.9 Å².